The second kappa shape index (κ2) is 12.6. The average Bonchev–Trinajstić information content (AvgIpc) is 3.19. The summed E-state index contributed by atoms with van der Waals surface area (Å²) in [6, 6.07) is 59.2. The van der Waals surface area contributed by atoms with E-state index in [1.165, 1.54) is 52.5 Å². The molecule has 0 aliphatic carbocycles. The second-order valence-corrected chi connectivity index (χ2v) is 20.9. The highest BCUT2D eigenvalue weighted by Crippen LogP contribution is 2.52. The normalized spacial score (nSPS) is 16.3. The molecule has 0 amide bonds. The Bertz CT molecular complexity index is 2550. The van der Waals surface area contributed by atoms with E-state index in [2.05, 4.69) is 185 Å². The molecule has 7 aromatic carbocycles. The molecule has 0 saturated heterocycles. The minimum atomic E-state index is -3.14. The zero-order valence-electron chi connectivity index (χ0n) is 32.9. The van der Waals surface area contributed by atoms with Gasteiger partial charge in [-0.3, -0.25) is 0 Å². The third-order valence-corrected chi connectivity index (χ3v) is 18.9. The Balaban J connectivity index is 1.38. The molecule has 0 unspecified atom stereocenters. The summed E-state index contributed by atoms with van der Waals surface area (Å²) >= 11 is 3.65. The van der Waals surface area contributed by atoms with Gasteiger partial charge in [-0.1, -0.05) is 203 Å². The molecule has 0 saturated carbocycles. The van der Waals surface area contributed by atoms with Gasteiger partial charge in [-0.15, -0.1) is 0 Å². The maximum atomic E-state index is 8.89. The van der Waals surface area contributed by atoms with Crippen molar-refractivity contribution in [3.8, 4) is 11.1 Å². The van der Waals surface area contributed by atoms with Crippen LogP contribution in [0.1, 0.15) is 59.6 Å². The maximum absolute atomic E-state index is 8.89. The molecular formula is C49H42S2Si. The molecule has 0 radical (unpaired) electrons. The lowest BCUT2D eigenvalue weighted by molar-refractivity contribution is 0.608. The van der Waals surface area contributed by atoms with E-state index < -0.39 is 14.9 Å². The van der Waals surface area contributed by atoms with Crippen molar-refractivity contribution < 1.29 is 4.11 Å². The molecule has 0 bridgehead atoms. The summed E-state index contributed by atoms with van der Waals surface area (Å²) < 4.78 is 26.7. The van der Waals surface area contributed by atoms with Gasteiger partial charge in [0.2, 0.25) is 0 Å². The van der Waals surface area contributed by atoms with E-state index >= 15 is 0 Å². The molecule has 2 aliphatic heterocycles. The van der Waals surface area contributed by atoms with Gasteiger partial charge in [0.15, 0.2) is 8.07 Å². The molecule has 0 N–H and O–H groups in total. The first-order chi connectivity index (χ1) is 26.4. The number of fused-ring (bicyclic) bond motifs is 4. The van der Waals surface area contributed by atoms with Gasteiger partial charge in [0.1, 0.15) is 0 Å². The smallest absolute Gasteiger partial charge is 0.0895 e. The van der Waals surface area contributed by atoms with Crippen LogP contribution in [0.2, 0.25) is 0 Å². The summed E-state index contributed by atoms with van der Waals surface area (Å²) in [6.07, 6.45) is 0. The molecule has 0 atom stereocenters. The Morgan fingerprint density at radius 2 is 0.942 bits per heavy atom. The molecule has 9 rings (SSSR count). The van der Waals surface area contributed by atoms with Gasteiger partial charge in [-0.05, 0) is 78.7 Å². The fourth-order valence-corrected chi connectivity index (χ4v) is 17.2. The fraction of sp³-hybridized carbons (Fsp3) is 0.143. The lowest BCUT2D eigenvalue weighted by Gasteiger charge is -2.41. The van der Waals surface area contributed by atoms with E-state index in [-0.39, 0.29) is 10.8 Å². The molecule has 3 heteroatoms. The van der Waals surface area contributed by atoms with E-state index in [0.29, 0.717) is 5.56 Å². The Morgan fingerprint density at radius 3 is 1.54 bits per heavy atom. The number of aryl methyl sites for hydroxylation is 1. The molecule has 52 heavy (non-hydrogen) atoms. The summed E-state index contributed by atoms with van der Waals surface area (Å²) in [7, 11) is -3.14. The van der Waals surface area contributed by atoms with Crippen molar-refractivity contribution in [2.45, 2.75) is 65.0 Å². The van der Waals surface area contributed by atoms with Crippen LogP contribution in [0.4, 0.5) is 0 Å². The Kier molecular flexibility index (Phi) is 7.23. The zero-order chi connectivity index (χ0) is 38.2. The number of benzene rings is 7. The summed E-state index contributed by atoms with van der Waals surface area (Å²) in [5, 5.41) is 5.01. The largest absolute Gasteiger partial charge is 0.180 e. The van der Waals surface area contributed by atoms with Crippen LogP contribution in [0.15, 0.2) is 183 Å². The van der Waals surface area contributed by atoms with Crippen LogP contribution in [-0.4, -0.2) is 8.07 Å². The highest BCUT2D eigenvalue weighted by Gasteiger charge is 2.46. The van der Waals surface area contributed by atoms with Crippen molar-refractivity contribution in [2.75, 3.05) is 0 Å². The summed E-state index contributed by atoms with van der Waals surface area (Å²) in [5.74, 6) is 0. The molecule has 2 aliphatic rings. The van der Waals surface area contributed by atoms with Crippen LogP contribution in [0.5, 0.6) is 0 Å². The Labute approximate surface area is 322 Å². The SMILES string of the molecule is [2H]C([2H])([2H])c1ccc([Si](c2ccccc2)(c2ccccc2)c2cccc3c2Sc2ccccc2C3(C)C)cc1-c1cccc2c1Sc1ccccc1C2(C)C. The monoisotopic (exact) mass is 725 g/mol. The summed E-state index contributed by atoms with van der Waals surface area (Å²) in [5.41, 5.74) is 6.87. The molecule has 254 valence electrons. The third kappa shape index (κ3) is 4.97. The molecule has 0 fully saturated rings. The van der Waals surface area contributed by atoms with Crippen LogP contribution >= 0.6 is 23.5 Å². The van der Waals surface area contributed by atoms with Crippen LogP contribution in [0.3, 0.4) is 0 Å². The van der Waals surface area contributed by atoms with Gasteiger partial charge >= 0.3 is 0 Å². The minimum Gasteiger partial charge on any atom is -0.0895 e. The van der Waals surface area contributed by atoms with Crippen LogP contribution < -0.4 is 20.7 Å². The van der Waals surface area contributed by atoms with Crippen molar-refractivity contribution in [3.05, 3.63) is 192 Å². The molecule has 7 aromatic rings. The maximum Gasteiger partial charge on any atom is 0.180 e. The molecule has 0 nitrogen and oxygen atoms in total. The second-order valence-electron chi connectivity index (χ2n) is 15.1. The van der Waals surface area contributed by atoms with Crippen LogP contribution in [-0.2, 0) is 10.8 Å². The van der Waals surface area contributed by atoms with Crippen molar-refractivity contribution in [1.82, 2.24) is 0 Å². The zero-order valence-corrected chi connectivity index (χ0v) is 32.5. The Morgan fingerprint density at radius 1 is 0.442 bits per heavy atom. The van der Waals surface area contributed by atoms with E-state index in [0.717, 1.165) is 21.2 Å². The van der Waals surface area contributed by atoms with Gasteiger partial charge in [-0.25, -0.2) is 0 Å². The molecule has 2 heterocycles. The first kappa shape index (κ1) is 30.0. The van der Waals surface area contributed by atoms with Crippen molar-refractivity contribution in [2.24, 2.45) is 0 Å². The highest BCUT2D eigenvalue weighted by molar-refractivity contribution is 8.00. The van der Waals surface area contributed by atoms with Gasteiger partial charge in [0.05, 0.1) is 0 Å². The fourth-order valence-electron chi connectivity index (χ4n) is 8.78. The number of hydrogen-bond acceptors (Lipinski definition) is 2. The molecule has 0 spiro atoms. The highest BCUT2D eigenvalue weighted by atomic mass is 32.2. The van der Waals surface area contributed by atoms with Gasteiger partial charge in [0, 0.05) is 34.5 Å². The number of hydrogen-bond donors (Lipinski definition) is 0. The van der Waals surface area contributed by atoms with E-state index in [4.69, 9.17) is 4.11 Å². The molecular weight excluding hydrogens is 681 g/mol. The van der Waals surface area contributed by atoms with Gasteiger partial charge in [-0.2, -0.15) is 0 Å². The topological polar surface area (TPSA) is 0 Å². The van der Waals surface area contributed by atoms with E-state index in [1.807, 2.05) is 17.8 Å². The Hall–Kier alpha value is -4.54. The van der Waals surface area contributed by atoms with Crippen molar-refractivity contribution >= 4 is 52.3 Å². The standard InChI is InChI=1S/C49H42S2Si/c1-33-30-31-36(32-38(33)37-22-16-25-41-46(37)50-43-27-14-12-23-39(43)48(41,2)3)52(34-18-8-6-9-19-34,35-20-10-7-11-21-35)45-29-17-26-42-47(45)51-44-28-15-13-24-40(44)49(42,4)5/h6-32H,1-5H3/i1D3. The lowest BCUT2D eigenvalue weighted by Crippen LogP contribution is -2.75. The van der Waals surface area contributed by atoms with Gasteiger partial charge in [0.25, 0.3) is 0 Å². The first-order valence-electron chi connectivity index (χ1n) is 19.5. The van der Waals surface area contributed by atoms with Crippen LogP contribution in [0, 0.1) is 6.85 Å². The van der Waals surface area contributed by atoms with Crippen molar-refractivity contribution in [3.63, 3.8) is 0 Å². The minimum absolute atomic E-state index is 0.208. The number of rotatable bonds is 5. The summed E-state index contributed by atoms with van der Waals surface area (Å²) in [6.45, 7) is 6.95. The van der Waals surface area contributed by atoms with E-state index in [9.17, 15) is 0 Å². The van der Waals surface area contributed by atoms with Gasteiger partial charge < -0.3 is 0 Å². The third-order valence-electron chi connectivity index (χ3n) is 11.5. The molecule has 0 aromatic heterocycles. The van der Waals surface area contributed by atoms with Crippen molar-refractivity contribution in [1.29, 1.82) is 0 Å². The summed E-state index contributed by atoms with van der Waals surface area (Å²) in [4.78, 5) is 4.93. The first-order valence-corrected chi connectivity index (χ1v) is 21.7. The van der Waals surface area contributed by atoms with E-state index in [1.54, 1.807) is 11.8 Å². The predicted molar refractivity (Wildman–Crippen MR) is 226 cm³/mol. The quantitative estimate of drug-likeness (QED) is 0.128. The van der Waals surface area contributed by atoms with Crippen LogP contribution in [0.25, 0.3) is 11.1 Å². The predicted octanol–water partition coefficient (Wildman–Crippen LogP) is 10.6. The average molecular weight is 726 g/mol. The lowest BCUT2D eigenvalue weighted by atomic mass is 9.76.